The van der Waals surface area contributed by atoms with Crippen molar-refractivity contribution in [3.63, 3.8) is 0 Å². The largest absolute Gasteiger partial charge is 0.286 e. The van der Waals surface area contributed by atoms with E-state index in [-0.39, 0.29) is 23.2 Å². The summed E-state index contributed by atoms with van der Waals surface area (Å²) in [5, 5.41) is 43.5. The van der Waals surface area contributed by atoms with E-state index in [1.807, 2.05) is 0 Å². The Kier molecular flexibility index (Phi) is 9.12. The number of nitrogens with zero attached hydrogens (tertiary/aromatic N) is 1. The van der Waals surface area contributed by atoms with Crippen LogP contribution in [0.2, 0.25) is 0 Å². The molecule has 0 spiro atoms. The first kappa shape index (κ1) is 31.0. The van der Waals surface area contributed by atoms with Crippen molar-refractivity contribution in [1.82, 2.24) is 42.5 Å². The monoisotopic (exact) mass is 646 g/mol. The molecule has 5 aliphatic heterocycles. The van der Waals surface area contributed by atoms with Crippen molar-refractivity contribution in [3.05, 3.63) is 0 Å². The van der Waals surface area contributed by atoms with Crippen LogP contribution in [0.15, 0.2) is 0 Å². The summed E-state index contributed by atoms with van der Waals surface area (Å²) in [5.74, 6) is 5.74. The quantitative estimate of drug-likeness (QED) is 0.204. The van der Waals surface area contributed by atoms with Crippen molar-refractivity contribution in [2.75, 3.05) is 0 Å². The first-order chi connectivity index (χ1) is 21.2. The zero-order valence-electron chi connectivity index (χ0n) is 26.5. The second kappa shape index (κ2) is 13.0. The average molecular weight is 647 g/mol. The Balaban J connectivity index is 0.00000289. The zero-order chi connectivity index (χ0) is 28.5. The van der Waals surface area contributed by atoms with Gasteiger partial charge in [0.25, 0.3) is 0 Å². The minimum absolute atomic E-state index is 0. The summed E-state index contributed by atoms with van der Waals surface area (Å²) < 4.78 is 0. The summed E-state index contributed by atoms with van der Waals surface area (Å²) in [6.45, 7) is 0. The van der Waals surface area contributed by atoms with Gasteiger partial charge in [-0.3, -0.25) is 42.5 Å². The first-order valence-electron chi connectivity index (χ1n) is 18.7. The van der Waals surface area contributed by atoms with Gasteiger partial charge in [0.15, 0.2) is 0 Å². The topological polar surface area (TPSA) is 120 Å². The third kappa shape index (κ3) is 5.34. The SMILES string of the molecule is N#CCC1CCCC2C3NC4NC(NC5NC(NC6NC(NC(N3)C12)C1CCCCC61)C1CCCCC51)C1CCCCC41.[Mn]. The van der Waals surface area contributed by atoms with Gasteiger partial charge in [-0.2, -0.15) is 5.26 Å². The van der Waals surface area contributed by atoms with Crippen LogP contribution in [-0.4, -0.2) is 49.3 Å². The Morgan fingerprint density at radius 3 is 1.02 bits per heavy atom. The maximum atomic E-state index is 9.83. The van der Waals surface area contributed by atoms with Gasteiger partial charge in [0.05, 0.1) is 55.4 Å². The van der Waals surface area contributed by atoms with Crippen molar-refractivity contribution in [2.24, 2.45) is 53.3 Å². The van der Waals surface area contributed by atoms with Crippen LogP contribution in [0, 0.1) is 64.6 Å². The molecule has 9 rings (SSSR count). The molecule has 5 saturated heterocycles. The number of hydrogen-bond acceptors (Lipinski definition) is 9. The summed E-state index contributed by atoms with van der Waals surface area (Å²) >= 11 is 0. The van der Waals surface area contributed by atoms with Crippen LogP contribution in [0.5, 0.6) is 0 Å². The molecule has 44 heavy (non-hydrogen) atoms. The standard InChI is InChI=1S/C34H57N9.Mn/c35-17-16-18-8-7-15-25-26(18)34-42-32-24-14-6-5-13-23(24)30(40-32)38-28-20-10-2-1-9-19(20)27(36-28)37-29-21-11-3-4-12-22(21)31(39-29)41-33(25)43-34;/h18-34,36-43H,1-16H2;. The second-order valence-corrected chi connectivity index (χ2v) is 16.3. The molecule has 9 aliphatic rings. The van der Waals surface area contributed by atoms with Gasteiger partial charge in [0, 0.05) is 23.5 Å². The summed E-state index contributed by atoms with van der Waals surface area (Å²) in [4.78, 5) is 0. The molecule has 0 amide bonds. The van der Waals surface area contributed by atoms with Gasteiger partial charge in [-0.05, 0) is 105 Å². The van der Waals surface area contributed by atoms with Crippen LogP contribution in [0.1, 0.15) is 103 Å². The predicted molar refractivity (Wildman–Crippen MR) is 166 cm³/mol. The first-order valence-corrected chi connectivity index (χ1v) is 18.7. The van der Waals surface area contributed by atoms with Crippen LogP contribution in [-0.2, 0) is 17.1 Å². The van der Waals surface area contributed by atoms with Crippen molar-refractivity contribution in [1.29, 1.82) is 5.26 Å². The summed E-state index contributed by atoms with van der Waals surface area (Å²) in [6.07, 6.45) is 23.4. The van der Waals surface area contributed by atoms with E-state index >= 15 is 0 Å². The van der Waals surface area contributed by atoms with Gasteiger partial charge in [0.1, 0.15) is 0 Å². The van der Waals surface area contributed by atoms with Gasteiger partial charge < -0.3 is 0 Å². The average Bonchev–Trinajstić information content (AvgIpc) is 3.77. The van der Waals surface area contributed by atoms with E-state index < -0.39 is 0 Å². The molecular formula is C34H57MnN9. The molecule has 0 aromatic carbocycles. The fourth-order valence-electron chi connectivity index (χ4n) is 12.5. The van der Waals surface area contributed by atoms with Crippen LogP contribution < -0.4 is 42.5 Å². The number of rotatable bonds is 1. The molecule has 9 nitrogen and oxygen atoms in total. The van der Waals surface area contributed by atoms with Crippen molar-refractivity contribution in [3.8, 4) is 6.07 Å². The smallest absolute Gasteiger partial charge is 0.0631 e. The summed E-state index contributed by atoms with van der Waals surface area (Å²) in [7, 11) is 0. The Bertz CT molecular complexity index is 1050. The predicted octanol–water partition coefficient (Wildman–Crippen LogP) is 2.74. The molecule has 1 radical (unpaired) electrons. The van der Waals surface area contributed by atoms with Gasteiger partial charge in [-0.15, -0.1) is 0 Å². The number of fused-ring (bicyclic) bond motifs is 20. The third-order valence-corrected chi connectivity index (χ3v) is 14.4. The van der Waals surface area contributed by atoms with Gasteiger partial charge in [-0.1, -0.05) is 44.9 Å². The van der Waals surface area contributed by atoms with Crippen LogP contribution in [0.25, 0.3) is 0 Å². The molecular weight excluding hydrogens is 589 g/mol. The summed E-state index contributed by atoms with van der Waals surface area (Å²) in [5.41, 5.74) is 0. The van der Waals surface area contributed by atoms with Crippen molar-refractivity contribution in [2.45, 2.75) is 152 Å². The fourth-order valence-corrected chi connectivity index (χ4v) is 12.5. The van der Waals surface area contributed by atoms with Gasteiger partial charge in [-0.25, -0.2) is 0 Å². The van der Waals surface area contributed by atoms with E-state index in [0.29, 0.717) is 103 Å². The molecule has 17 atom stereocenters. The van der Waals surface area contributed by atoms with Crippen molar-refractivity contribution < 1.29 is 17.1 Å². The Morgan fingerprint density at radius 2 is 0.682 bits per heavy atom. The number of hydrogen-bond donors (Lipinski definition) is 8. The van der Waals surface area contributed by atoms with E-state index in [2.05, 4.69) is 48.6 Å². The van der Waals surface area contributed by atoms with E-state index in [4.69, 9.17) is 0 Å². The maximum Gasteiger partial charge on any atom is 0.0631 e. The third-order valence-electron chi connectivity index (χ3n) is 14.4. The minimum Gasteiger partial charge on any atom is -0.286 e. The molecule has 4 saturated carbocycles. The van der Waals surface area contributed by atoms with Crippen LogP contribution in [0.4, 0.5) is 0 Å². The molecule has 0 aromatic heterocycles. The molecule has 4 aliphatic carbocycles. The number of nitriles is 1. The second-order valence-electron chi connectivity index (χ2n) is 16.3. The molecule has 17 unspecified atom stereocenters. The maximum absolute atomic E-state index is 9.83. The van der Waals surface area contributed by atoms with Gasteiger partial charge in [0.2, 0.25) is 0 Å². The molecule has 8 bridgehead atoms. The molecule has 0 aromatic rings. The fraction of sp³-hybridized carbons (Fsp3) is 0.971. The van der Waals surface area contributed by atoms with E-state index in [0.717, 1.165) is 0 Å². The zero-order valence-corrected chi connectivity index (χ0v) is 27.6. The Morgan fingerprint density at radius 1 is 0.386 bits per heavy atom. The molecule has 5 heterocycles. The van der Waals surface area contributed by atoms with E-state index in [9.17, 15) is 5.26 Å². The number of nitrogens with one attached hydrogen (secondary N) is 8. The van der Waals surface area contributed by atoms with E-state index in [1.165, 1.54) is 96.3 Å². The Labute approximate surface area is 275 Å². The van der Waals surface area contributed by atoms with Gasteiger partial charge >= 0.3 is 0 Å². The molecule has 245 valence electrons. The molecule has 10 heteroatoms. The molecule has 9 fully saturated rings. The Hall–Kier alpha value is -0.311. The van der Waals surface area contributed by atoms with Crippen molar-refractivity contribution >= 4 is 0 Å². The normalized spacial score (nSPS) is 54.7. The summed E-state index contributed by atoms with van der Waals surface area (Å²) in [6, 6.07) is 2.59. The van der Waals surface area contributed by atoms with Crippen LogP contribution >= 0.6 is 0 Å². The molecule has 8 N–H and O–H groups in total. The van der Waals surface area contributed by atoms with Crippen LogP contribution in [0.3, 0.4) is 0 Å². The van der Waals surface area contributed by atoms with E-state index in [1.54, 1.807) is 0 Å². The minimum atomic E-state index is 0.